The highest BCUT2D eigenvalue weighted by molar-refractivity contribution is 7.56. The third-order valence-electron chi connectivity index (χ3n) is 2.72. The number of aromatic hydroxyl groups is 1. The number of benzene rings is 2. The molecule has 2 rings (SSSR count). The fourth-order valence-corrected chi connectivity index (χ4v) is 2.98. The zero-order chi connectivity index (χ0) is 13.7. The van der Waals surface area contributed by atoms with Crippen molar-refractivity contribution in [2.75, 3.05) is 14.2 Å². The molecule has 1 N–H and O–H groups in total. The first-order valence-electron chi connectivity index (χ1n) is 5.90. The van der Waals surface area contributed by atoms with Crippen LogP contribution in [0.4, 0.5) is 0 Å². The average molecular weight is 273 g/mol. The summed E-state index contributed by atoms with van der Waals surface area (Å²) in [7, 11) is 3.67. The third-order valence-corrected chi connectivity index (χ3v) is 4.11. The predicted molar refractivity (Wildman–Crippen MR) is 82.2 cm³/mol. The molecular weight excluding hydrogens is 257 g/mol. The van der Waals surface area contributed by atoms with Crippen LogP contribution >= 0.6 is 8.58 Å². The van der Waals surface area contributed by atoms with Gasteiger partial charge in [-0.25, -0.2) is 0 Å². The number of methoxy groups -OCH3 is 1. The molecule has 1 unspecified atom stereocenters. The fraction of sp³-hybridized carbons (Fsp3) is 0.133. The standard InChI is InChI=1S/C15H16NO2P/c1-16-10-11-6-3-4-8-13(11)19-14-9-5-7-12(18-2)15(14)17/h3-10,17,19H,1-2H3/b16-10+. The van der Waals surface area contributed by atoms with Gasteiger partial charge in [-0.05, 0) is 16.9 Å². The number of rotatable bonds is 4. The number of aliphatic imine (C=N–C) groups is 1. The van der Waals surface area contributed by atoms with Crippen LogP contribution < -0.4 is 15.3 Å². The topological polar surface area (TPSA) is 41.8 Å². The molecule has 0 aliphatic carbocycles. The number of ether oxygens (including phenoxy) is 1. The Bertz CT molecular complexity index is 596. The molecule has 0 saturated carbocycles. The lowest BCUT2D eigenvalue weighted by atomic mass is 10.2. The quantitative estimate of drug-likeness (QED) is 0.684. The van der Waals surface area contributed by atoms with Gasteiger partial charge in [0.15, 0.2) is 11.5 Å². The van der Waals surface area contributed by atoms with Crippen molar-refractivity contribution in [3.63, 3.8) is 0 Å². The first kappa shape index (κ1) is 13.6. The van der Waals surface area contributed by atoms with Gasteiger partial charge in [0.1, 0.15) is 0 Å². The lowest BCUT2D eigenvalue weighted by Gasteiger charge is -2.10. The molecule has 98 valence electrons. The molecule has 3 nitrogen and oxygen atoms in total. The average Bonchev–Trinajstić information content (AvgIpc) is 2.43. The molecule has 0 spiro atoms. The van der Waals surface area contributed by atoms with Gasteiger partial charge in [-0.1, -0.05) is 45.0 Å². The zero-order valence-corrected chi connectivity index (χ0v) is 11.9. The Balaban J connectivity index is 2.36. The van der Waals surface area contributed by atoms with E-state index >= 15 is 0 Å². The van der Waals surface area contributed by atoms with Gasteiger partial charge in [0.25, 0.3) is 0 Å². The van der Waals surface area contributed by atoms with Crippen LogP contribution in [0, 0.1) is 0 Å². The van der Waals surface area contributed by atoms with Crippen LogP contribution in [0.5, 0.6) is 11.5 Å². The smallest absolute Gasteiger partial charge is 0.165 e. The van der Waals surface area contributed by atoms with E-state index in [9.17, 15) is 5.11 Å². The highest BCUT2D eigenvalue weighted by Crippen LogP contribution is 2.28. The molecular formula is C15H16NO2P. The number of hydrogen-bond acceptors (Lipinski definition) is 3. The van der Waals surface area contributed by atoms with E-state index in [1.54, 1.807) is 20.2 Å². The predicted octanol–water partition coefficient (Wildman–Crippen LogP) is 2.08. The van der Waals surface area contributed by atoms with Crippen molar-refractivity contribution >= 4 is 25.4 Å². The molecule has 0 saturated heterocycles. The van der Waals surface area contributed by atoms with Gasteiger partial charge in [0.2, 0.25) is 0 Å². The first-order valence-corrected chi connectivity index (χ1v) is 6.90. The number of phenolic OH excluding ortho intramolecular Hbond substituents is 1. The largest absolute Gasteiger partial charge is 0.504 e. The van der Waals surface area contributed by atoms with Crippen molar-refractivity contribution in [1.29, 1.82) is 0 Å². The minimum atomic E-state index is 0.214. The maximum Gasteiger partial charge on any atom is 0.165 e. The summed E-state index contributed by atoms with van der Waals surface area (Å²) in [6, 6.07) is 13.6. The Morgan fingerprint density at radius 1 is 1.11 bits per heavy atom. The summed E-state index contributed by atoms with van der Waals surface area (Å²) in [4.78, 5) is 4.06. The summed E-state index contributed by atoms with van der Waals surface area (Å²) in [5, 5.41) is 12.1. The second kappa shape index (κ2) is 6.35. The molecule has 0 amide bonds. The first-order chi connectivity index (χ1) is 9.26. The van der Waals surface area contributed by atoms with Gasteiger partial charge in [-0.2, -0.15) is 0 Å². The number of nitrogens with zero attached hydrogens (tertiary/aromatic N) is 1. The van der Waals surface area contributed by atoms with E-state index < -0.39 is 0 Å². The van der Waals surface area contributed by atoms with Gasteiger partial charge >= 0.3 is 0 Å². The maximum absolute atomic E-state index is 10.1. The minimum absolute atomic E-state index is 0.214. The molecule has 0 heterocycles. The van der Waals surface area contributed by atoms with Crippen LogP contribution in [0.15, 0.2) is 47.5 Å². The highest BCUT2D eigenvalue weighted by Gasteiger charge is 2.09. The molecule has 0 radical (unpaired) electrons. The highest BCUT2D eigenvalue weighted by atomic mass is 31.1. The van der Waals surface area contributed by atoms with Crippen molar-refractivity contribution in [3.8, 4) is 11.5 Å². The Hall–Kier alpha value is -1.86. The lowest BCUT2D eigenvalue weighted by Crippen LogP contribution is -2.09. The molecule has 1 atom stereocenters. The van der Waals surface area contributed by atoms with E-state index in [1.807, 2.05) is 42.6 Å². The normalized spacial score (nSPS) is 11.5. The Labute approximate surface area is 114 Å². The SMILES string of the molecule is C/N=C/c1ccccc1Pc1cccc(OC)c1O. The van der Waals surface area contributed by atoms with E-state index in [0.29, 0.717) is 14.3 Å². The minimum Gasteiger partial charge on any atom is -0.504 e. The number of phenols is 1. The molecule has 2 aromatic rings. The second-order valence-corrected chi connectivity index (χ2v) is 5.28. The number of para-hydroxylation sites is 1. The van der Waals surface area contributed by atoms with Crippen molar-refractivity contribution < 1.29 is 9.84 Å². The van der Waals surface area contributed by atoms with Gasteiger partial charge in [-0.3, -0.25) is 4.99 Å². The molecule has 2 aromatic carbocycles. The van der Waals surface area contributed by atoms with E-state index in [1.165, 1.54) is 0 Å². The van der Waals surface area contributed by atoms with Gasteiger partial charge in [-0.15, -0.1) is 0 Å². The van der Waals surface area contributed by atoms with Crippen molar-refractivity contribution in [2.24, 2.45) is 4.99 Å². The van der Waals surface area contributed by atoms with E-state index in [4.69, 9.17) is 4.74 Å². The molecule has 0 aliphatic heterocycles. The fourth-order valence-electron chi connectivity index (χ4n) is 1.80. The van der Waals surface area contributed by atoms with Gasteiger partial charge < -0.3 is 9.84 Å². The van der Waals surface area contributed by atoms with Crippen LogP contribution in [-0.2, 0) is 0 Å². The van der Waals surface area contributed by atoms with Crippen LogP contribution in [-0.4, -0.2) is 25.5 Å². The van der Waals surface area contributed by atoms with Crippen LogP contribution in [0.25, 0.3) is 0 Å². The summed E-state index contributed by atoms with van der Waals surface area (Å²) in [6.45, 7) is 0. The molecule has 0 fully saturated rings. The molecule has 4 heteroatoms. The Morgan fingerprint density at radius 2 is 1.84 bits per heavy atom. The molecule has 0 aromatic heterocycles. The van der Waals surface area contributed by atoms with Crippen LogP contribution in [0.1, 0.15) is 5.56 Å². The van der Waals surface area contributed by atoms with Gasteiger partial charge in [0, 0.05) is 18.6 Å². The van der Waals surface area contributed by atoms with Crippen molar-refractivity contribution in [3.05, 3.63) is 48.0 Å². The molecule has 0 bridgehead atoms. The van der Waals surface area contributed by atoms with Gasteiger partial charge in [0.05, 0.1) is 7.11 Å². The summed E-state index contributed by atoms with van der Waals surface area (Å²) < 4.78 is 5.13. The van der Waals surface area contributed by atoms with Crippen LogP contribution in [0.2, 0.25) is 0 Å². The summed E-state index contributed by atoms with van der Waals surface area (Å²) in [5.41, 5.74) is 1.07. The monoisotopic (exact) mass is 273 g/mol. The zero-order valence-electron chi connectivity index (χ0n) is 10.9. The Morgan fingerprint density at radius 3 is 2.58 bits per heavy atom. The second-order valence-electron chi connectivity index (χ2n) is 3.96. The van der Waals surface area contributed by atoms with E-state index in [2.05, 4.69) is 4.99 Å². The van der Waals surface area contributed by atoms with Crippen molar-refractivity contribution in [1.82, 2.24) is 0 Å². The van der Waals surface area contributed by atoms with Crippen molar-refractivity contribution in [2.45, 2.75) is 0 Å². The number of hydrogen-bond donors (Lipinski definition) is 1. The van der Waals surface area contributed by atoms with E-state index in [0.717, 1.165) is 16.2 Å². The maximum atomic E-state index is 10.1. The third kappa shape index (κ3) is 3.12. The van der Waals surface area contributed by atoms with E-state index in [-0.39, 0.29) is 5.75 Å². The van der Waals surface area contributed by atoms with Crippen LogP contribution in [0.3, 0.4) is 0 Å². The summed E-state index contributed by atoms with van der Waals surface area (Å²) in [6.07, 6.45) is 1.83. The molecule has 19 heavy (non-hydrogen) atoms. The lowest BCUT2D eigenvalue weighted by molar-refractivity contribution is 0.375. The summed E-state index contributed by atoms with van der Waals surface area (Å²) in [5.74, 6) is 0.721. The Kier molecular flexibility index (Phi) is 4.53. The summed E-state index contributed by atoms with van der Waals surface area (Å²) >= 11 is 0. The molecule has 0 aliphatic rings.